The van der Waals surface area contributed by atoms with E-state index in [-0.39, 0.29) is 12.5 Å². The van der Waals surface area contributed by atoms with Crippen LogP contribution in [0, 0.1) is 0 Å². The Hall–Kier alpha value is -2.18. The molecule has 1 N–H and O–H groups in total. The number of halogens is 1. The van der Waals surface area contributed by atoms with Crippen LogP contribution in [0.4, 0.5) is 5.69 Å². The maximum absolute atomic E-state index is 12.0. The summed E-state index contributed by atoms with van der Waals surface area (Å²) in [5, 5.41) is 3.66. The predicted octanol–water partition coefficient (Wildman–Crippen LogP) is 4.46. The van der Waals surface area contributed by atoms with Crippen molar-refractivity contribution in [2.75, 3.05) is 11.9 Å². The zero-order valence-electron chi connectivity index (χ0n) is 11.9. The van der Waals surface area contributed by atoms with Crippen LogP contribution < -0.4 is 5.32 Å². The summed E-state index contributed by atoms with van der Waals surface area (Å²) in [4.78, 5) is 24.3. The highest BCUT2D eigenvalue weighted by Crippen LogP contribution is 2.25. The minimum absolute atomic E-state index is 0.316. The number of thiophene rings is 1. The van der Waals surface area contributed by atoms with Crippen LogP contribution in [0.2, 0.25) is 0 Å². The van der Waals surface area contributed by atoms with E-state index in [2.05, 4.69) is 21.2 Å². The molecule has 0 spiro atoms. The van der Waals surface area contributed by atoms with Gasteiger partial charge in [-0.2, -0.15) is 0 Å². The van der Waals surface area contributed by atoms with Gasteiger partial charge in [-0.05, 0) is 41.8 Å². The fraction of sp³-hybridized carbons (Fsp3) is 0.0588. The van der Waals surface area contributed by atoms with E-state index in [1.54, 1.807) is 18.2 Å². The normalized spacial score (nSPS) is 10.5. The van der Waals surface area contributed by atoms with Gasteiger partial charge in [0.1, 0.15) is 4.88 Å². The molecule has 0 unspecified atom stereocenters. The fourth-order valence-corrected chi connectivity index (χ4v) is 3.24. The SMILES string of the molecule is O=C(COC(=O)c1cc2ccccc2s1)Nc1ccc(Br)cc1. The Kier molecular flexibility index (Phi) is 4.73. The molecule has 0 fully saturated rings. The molecule has 1 heterocycles. The molecule has 0 bridgehead atoms. The standard InChI is InChI=1S/C17H12BrNO3S/c18-12-5-7-13(8-6-12)19-16(20)10-22-17(21)15-9-11-3-1-2-4-14(11)23-15/h1-9H,10H2,(H,19,20). The summed E-state index contributed by atoms with van der Waals surface area (Å²) in [6, 6.07) is 16.6. The second kappa shape index (κ2) is 6.93. The largest absolute Gasteiger partial charge is 0.451 e. The number of fused-ring (bicyclic) bond motifs is 1. The number of anilines is 1. The van der Waals surface area contributed by atoms with E-state index < -0.39 is 5.97 Å². The summed E-state index contributed by atoms with van der Waals surface area (Å²) in [6.45, 7) is -0.316. The van der Waals surface area contributed by atoms with Gasteiger partial charge in [0.05, 0.1) is 0 Å². The van der Waals surface area contributed by atoms with Crippen LogP contribution in [0.5, 0.6) is 0 Å². The Labute approximate surface area is 145 Å². The van der Waals surface area contributed by atoms with Crippen LogP contribution in [0.1, 0.15) is 9.67 Å². The number of ether oxygens (including phenoxy) is 1. The van der Waals surface area contributed by atoms with Crippen LogP contribution >= 0.6 is 27.3 Å². The van der Waals surface area contributed by atoms with Gasteiger partial charge in [-0.3, -0.25) is 4.79 Å². The molecule has 23 heavy (non-hydrogen) atoms. The number of hydrogen-bond acceptors (Lipinski definition) is 4. The number of carbonyl (C=O) groups excluding carboxylic acids is 2. The number of benzene rings is 2. The Morgan fingerprint density at radius 3 is 2.57 bits per heavy atom. The lowest BCUT2D eigenvalue weighted by atomic mass is 10.2. The van der Waals surface area contributed by atoms with E-state index in [0.717, 1.165) is 14.6 Å². The minimum Gasteiger partial charge on any atom is -0.451 e. The van der Waals surface area contributed by atoms with Crippen molar-refractivity contribution >= 4 is 54.9 Å². The summed E-state index contributed by atoms with van der Waals surface area (Å²) in [5.74, 6) is -0.862. The topological polar surface area (TPSA) is 55.4 Å². The monoisotopic (exact) mass is 389 g/mol. The third-order valence-electron chi connectivity index (χ3n) is 3.09. The summed E-state index contributed by atoms with van der Waals surface area (Å²) in [7, 11) is 0. The smallest absolute Gasteiger partial charge is 0.348 e. The van der Waals surface area contributed by atoms with Gasteiger partial charge in [-0.1, -0.05) is 34.1 Å². The van der Waals surface area contributed by atoms with Crippen LogP contribution in [-0.2, 0) is 9.53 Å². The number of esters is 1. The number of rotatable bonds is 4. The first-order valence-corrected chi connectivity index (χ1v) is 8.44. The van der Waals surface area contributed by atoms with Gasteiger partial charge in [-0.25, -0.2) is 4.79 Å². The van der Waals surface area contributed by atoms with Crippen molar-refractivity contribution in [2.24, 2.45) is 0 Å². The third kappa shape index (κ3) is 3.97. The molecule has 0 aliphatic rings. The zero-order valence-corrected chi connectivity index (χ0v) is 14.3. The van der Waals surface area contributed by atoms with Gasteiger partial charge >= 0.3 is 5.97 Å². The Balaban J connectivity index is 1.57. The molecule has 0 aliphatic carbocycles. The van der Waals surface area contributed by atoms with E-state index in [9.17, 15) is 9.59 Å². The third-order valence-corrected chi connectivity index (χ3v) is 4.71. The average Bonchev–Trinajstić information content (AvgIpc) is 2.99. The predicted molar refractivity (Wildman–Crippen MR) is 94.9 cm³/mol. The number of hydrogen-bond donors (Lipinski definition) is 1. The molecular weight excluding hydrogens is 378 g/mol. The molecular formula is C17H12BrNO3S. The molecule has 1 aromatic heterocycles. The first kappa shape index (κ1) is 15.7. The highest BCUT2D eigenvalue weighted by Gasteiger charge is 2.13. The molecule has 116 valence electrons. The van der Waals surface area contributed by atoms with E-state index >= 15 is 0 Å². The van der Waals surface area contributed by atoms with Gasteiger partial charge in [-0.15, -0.1) is 11.3 Å². The van der Waals surface area contributed by atoms with Crippen molar-refractivity contribution in [3.05, 3.63) is 63.9 Å². The zero-order chi connectivity index (χ0) is 16.2. The molecule has 0 aliphatic heterocycles. The van der Waals surface area contributed by atoms with E-state index in [4.69, 9.17) is 4.74 Å². The van der Waals surface area contributed by atoms with Gasteiger partial charge in [0.25, 0.3) is 5.91 Å². The van der Waals surface area contributed by atoms with Crippen molar-refractivity contribution in [3.63, 3.8) is 0 Å². The van der Waals surface area contributed by atoms with Gasteiger partial charge < -0.3 is 10.1 Å². The molecule has 3 aromatic rings. The molecule has 0 radical (unpaired) electrons. The summed E-state index contributed by atoms with van der Waals surface area (Å²) < 4.78 is 7.00. The lowest BCUT2D eigenvalue weighted by molar-refractivity contribution is -0.119. The molecule has 6 heteroatoms. The highest BCUT2D eigenvalue weighted by atomic mass is 79.9. The minimum atomic E-state index is -0.489. The van der Waals surface area contributed by atoms with E-state index in [1.165, 1.54) is 11.3 Å². The molecule has 0 saturated carbocycles. The van der Waals surface area contributed by atoms with Crippen LogP contribution in [0.15, 0.2) is 59.1 Å². The molecule has 2 aromatic carbocycles. The number of carbonyl (C=O) groups is 2. The number of amides is 1. The van der Waals surface area contributed by atoms with Crippen LogP contribution in [0.3, 0.4) is 0 Å². The van der Waals surface area contributed by atoms with Crippen molar-refractivity contribution in [1.82, 2.24) is 0 Å². The first-order valence-electron chi connectivity index (χ1n) is 6.83. The van der Waals surface area contributed by atoms with Gasteiger partial charge in [0, 0.05) is 14.9 Å². The van der Waals surface area contributed by atoms with Gasteiger partial charge in [0.15, 0.2) is 6.61 Å². The Bertz CT molecular complexity index is 825. The Morgan fingerprint density at radius 2 is 1.83 bits per heavy atom. The van der Waals surface area contributed by atoms with Crippen molar-refractivity contribution in [2.45, 2.75) is 0 Å². The highest BCUT2D eigenvalue weighted by molar-refractivity contribution is 9.10. The van der Waals surface area contributed by atoms with Crippen molar-refractivity contribution < 1.29 is 14.3 Å². The second-order valence-electron chi connectivity index (χ2n) is 4.78. The first-order chi connectivity index (χ1) is 11.1. The van der Waals surface area contributed by atoms with Crippen LogP contribution in [-0.4, -0.2) is 18.5 Å². The molecule has 0 saturated heterocycles. The van der Waals surface area contributed by atoms with E-state index in [0.29, 0.717) is 10.6 Å². The molecule has 4 nitrogen and oxygen atoms in total. The lowest BCUT2D eigenvalue weighted by Crippen LogP contribution is -2.20. The van der Waals surface area contributed by atoms with E-state index in [1.807, 2.05) is 36.4 Å². The second-order valence-corrected chi connectivity index (χ2v) is 6.78. The summed E-state index contributed by atoms with van der Waals surface area (Å²) in [5.41, 5.74) is 0.649. The van der Waals surface area contributed by atoms with Crippen molar-refractivity contribution in [3.8, 4) is 0 Å². The van der Waals surface area contributed by atoms with Crippen molar-refractivity contribution in [1.29, 1.82) is 0 Å². The fourth-order valence-electron chi connectivity index (χ4n) is 2.01. The number of nitrogens with one attached hydrogen (secondary N) is 1. The Morgan fingerprint density at radius 1 is 1.09 bits per heavy atom. The van der Waals surface area contributed by atoms with Crippen LogP contribution in [0.25, 0.3) is 10.1 Å². The molecule has 0 atom stereocenters. The molecule has 1 amide bonds. The average molecular weight is 390 g/mol. The lowest BCUT2D eigenvalue weighted by Gasteiger charge is -2.05. The van der Waals surface area contributed by atoms with Gasteiger partial charge in [0.2, 0.25) is 0 Å². The maximum Gasteiger partial charge on any atom is 0.348 e. The maximum atomic E-state index is 12.0. The quantitative estimate of drug-likeness (QED) is 0.670. The summed E-state index contributed by atoms with van der Waals surface area (Å²) >= 11 is 4.67. The summed E-state index contributed by atoms with van der Waals surface area (Å²) in [6.07, 6.45) is 0. The molecule has 3 rings (SSSR count).